The summed E-state index contributed by atoms with van der Waals surface area (Å²) in [5, 5.41) is 6.01. The maximum Gasteiger partial charge on any atom is 0.390 e. The zero-order chi connectivity index (χ0) is 16.7. The van der Waals surface area contributed by atoms with Crippen molar-refractivity contribution in [3.8, 4) is 0 Å². The van der Waals surface area contributed by atoms with E-state index in [1.54, 1.807) is 7.05 Å². The lowest BCUT2D eigenvalue weighted by Gasteiger charge is -2.39. The molecular weight excluding hydrogens is 432 g/mol. The number of likely N-dealkylation sites (tertiary alicyclic amines) is 1. The van der Waals surface area contributed by atoms with Gasteiger partial charge in [0.1, 0.15) is 0 Å². The van der Waals surface area contributed by atoms with Crippen LogP contribution in [-0.4, -0.2) is 55.8 Å². The molecule has 0 aromatic carbocycles. The number of nitrogens with zero attached hydrogens (tertiary/aromatic N) is 2. The van der Waals surface area contributed by atoms with E-state index in [1.165, 1.54) is 32.1 Å². The number of aliphatic imine (C=N–C) groups is 1. The molecule has 2 N–H and O–H groups in total. The van der Waals surface area contributed by atoms with Gasteiger partial charge in [0.05, 0.1) is 6.42 Å². The molecule has 0 spiro atoms. The Kier molecular flexibility index (Phi) is 9.69. The fourth-order valence-corrected chi connectivity index (χ4v) is 3.57. The maximum atomic E-state index is 12.2. The normalized spacial score (nSPS) is 22.1. The highest BCUT2D eigenvalue weighted by molar-refractivity contribution is 14.0. The molecule has 2 rings (SSSR count). The number of alkyl halides is 3. The second-order valence-corrected chi connectivity index (χ2v) is 6.61. The summed E-state index contributed by atoms with van der Waals surface area (Å²) < 4.78 is 36.5. The van der Waals surface area contributed by atoms with Gasteiger partial charge in [0.2, 0.25) is 0 Å². The Morgan fingerprint density at radius 3 is 2.25 bits per heavy atom. The average Bonchev–Trinajstić information content (AvgIpc) is 2.54. The monoisotopic (exact) mass is 462 g/mol. The molecule has 1 aliphatic heterocycles. The molecule has 2 fully saturated rings. The van der Waals surface area contributed by atoms with Gasteiger partial charge in [-0.25, -0.2) is 0 Å². The summed E-state index contributed by atoms with van der Waals surface area (Å²) in [4.78, 5) is 6.62. The van der Waals surface area contributed by atoms with Crippen molar-refractivity contribution in [2.75, 3.05) is 26.7 Å². The van der Waals surface area contributed by atoms with Crippen LogP contribution in [0.25, 0.3) is 0 Å². The van der Waals surface area contributed by atoms with E-state index in [0.29, 0.717) is 12.0 Å². The van der Waals surface area contributed by atoms with Crippen LogP contribution in [0, 0.1) is 0 Å². The number of nitrogens with one attached hydrogen (secondary N) is 2. The van der Waals surface area contributed by atoms with Gasteiger partial charge in [-0.3, -0.25) is 4.99 Å². The molecule has 1 saturated heterocycles. The Bertz CT molecular complexity index is 376. The van der Waals surface area contributed by atoms with E-state index in [2.05, 4.69) is 20.5 Å². The van der Waals surface area contributed by atoms with Crippen molar-refractivity contribution >= 4 is 29.9 Å². The predicted molar refractivity (Wildman–Crippen MR) is 102 cm³/mol. The largest absolute Gasteiger partial charge is 0.390 e. The third-order valence-corrected chi connectivity index (χ3v) is 4.89. The summed E-state index contributed by atoms with van der Waals surface area (Å²) in [6.45, 7) is 2.01. The van der Waals surface area contributed by atoms with Gasteiger partial charge in [0.15, 0.2) is 5.96 Å². The number of hydrogen-bond donors (Lipinski definition) is 2. The van der Waals surface area contributed by atoms with Gasteiger partial charge in [-0.15, -0.1) is 24.0 Å². The molecule has 0 atom stereocenters. The molecule has 2 aliphatic rings. The zero-order valence-corrected chi connectivity index (χ0v) is 16.7. The molecule has 142 valence electrons. The quantitative estimate of drug-likeness (QED) is 0.382. The van der Waals surface area contributed by atoms with Gasteiger partial charge in [-0.2, -0.15) is 13.2 Å². The topological polar surface area (TPSA) is 39.7 Å². The fourth-order valence-electron chi connectivity index (χ4n) is 3.57. The minimum atomic E-state index is -4.13. The van der Waals surface area contributed by atoms with E-state index >= 15 is 0 Å². The van der Waals surface area contributed by atoms with Crippen molar-refractivity contribution in [3.63, 3.8) is 0 Å². The Labute approximate surface area is 160 Å². The van der Waals surface area contributed by atoms with Crippen LogP contribution in [0.5, 0.6) is 0 Å². The second kappa shape index (κ2) is 10.7. The van der Waals surface area contributed by atoms with Crippen LogP contribution in [0.3, 0.4) is 0 Å². The van der Waals surface area contributed by atoms with Crippen LogP contribution in [0.2, 0.25) is 0 Å². The summed E-state index contributed by atoms with van der Waals surface area (Å²) in [6, 6.07) is 1.04. The van der Waals surface area contributed by atoms with Crippen molar-refractivity contribution in [2.45, 2.75) is 69.6 Å². The highest BCUT2D eigenvalue weighted by Crippen LogP contribution is 2.25. The molecule has 4 nitrogen and oxygen atoms in total. The molecule has 0 aromatic heterocycles. The lowest BCUT2D eigenvalue weighted by Crippen LogP contribution is -2.51. The van der Waals surface area contributed by atoms with Crippen molar-refractivity contribution < 1.29 is 13.2 Å². The minimum Gasteiger partial charge on any atom is -0.356 e. The Morgan fingerprint density at radius 1 is 1.08 bits per heavy atom. The van der Waals surface area contributed by atoms with Crippen molar-refractivity contribution in [1.29, 1.82) is 0 Å². The molecule has 0 radical (unpaired) electrons. The highest BCUT2D eigenvalue weighted by Gasteiger charge is 2.28. The Hall–Kier alpha value is -0.250. The summed E-state index contributed by atoms with van der Waals surface area (Å²) in [5.74, 6) is 0.477. The number of piperidine rings is 1. The summed E-state index contributed by atoms with van der Waals surface area (Å²) in [5.41, 5.74) is 0. The van der Waals surface area contributed by atoms with Gasteiger partial charge in [-0.05, 0) is 25.7 Å². The van der Waals surface area contributed by atoms with E-state index < -0.39 is 12.6 Å². The number of halogens is 4. The van der Waals surface area contributed by atoms with Crippen LogP contribution >= 0.6 is 24.0 Å². The van der Waals surface area contributed by atoms with Crippen molar-refractivity contribution in [3.05, 3.63) is 0 Å². The lowest BCUT2D eigenvalue weighted by atomic mass is 9.92. The zero-order valence-electron chi connectivity index (χ0n) is 14.4. The molecule has 8 heteroatoms. The predicted octanol–water partition coefficient (Wildman–Crippen LogP) is 3.52. The molecular formula is C16H30F3IN4. The molecule has 0 bridgehead atoms. The van der Waals surface area contributed by atoms with Crippen LogP contribution in [-0.2, 0) is 0 Å². The van der Waals surface area contributed by atoms with Gasteiger partial charge in [0, 0.05) is 38.8 Å². The van der Waals surface area contributed by atoms with Gasteiger partial charge >= 0.3 is 6.18 Å². The third kappa shape index (κ3) is 7.76. The highest BCUT2D eigenvalue weighted by atomic mass is 127. The smallest absolute Gasteiger partial charge is 0.356 e. The Morgan fingerprint density at radius 2 is 1.71 bits per heavy atom. The van der Waals surface area contributed by atoms with Crippen LogP contribution in [0.1, 0.15) is 51.4 Å². The number of guanidine groups is 1. The molecule has 24 heavy (non-hydrogen) atoms. The SMILES string of the molecule is CN=C(NCCC(F)(F)F)NC1CCN(C2CCCCC2)CC1.I. The summed E-state index contributed by atoms with van der Waals surface area (Å²) in [6.07, 6.45) is 3.78. The second-order valence-electron chi connectivity index (χ2n) is 6.61. The standard InChI is InChI=1S/C16H29F3N4.HI/c1-20-15(21-10-9-16(17,18)19)22-13-7-11-23(12-8-13)14-5-3-2-4-6-14;/h13-14H,2-12H2,1H3,(H2,20,21,22);1H. The molecule has 0 aromatic rings. The van der Waals surface area contributed by atoms with E-state index in [1.807, 2.05) is 0 Å². The minimum absolute atomic E-state index is 0. The van der Waals surface area contributed by atoms with E-state index in [4.69, 9.17) is 0 Å². The first-order chi connectivity index (χ1) is 11.0. The van der Waals surface area contributed by atoms with E-state index in [-0.39, 0.29) is 30.5 Å². The van der Waals surface area contributed by atoms with E-state index in [0.717, 1.165) is 32.0 Å². The fraction of sp³-hybridized carbons (Fsp3) is 0.938. The van der Waals surface area contributed by atoms with Crippen LogP contribution in [0.4, 0.5) is 13.2 Å². The number of rotatable bonds is 4. The van der Waals surface area contributed by atoms with Gasteiger partial charge < -0.3 is 15.5 Å². The van der Waals surface area contributed by atoms with Crippen LogP contribution in [0.15, 0.2) is 4.99 Å². The lowest BCUT2D eigenvalue weighted by molar-refractivity contribution is -0.132. The molecule has 1 heterocycles. The van der Waals surface area contributed by atoms with Crippen molar-refractivity contribution in [1.82, 2.24) is 15.5 Å². The van der Waals surface area contributed by atoms with Gasteiger partial charge in [-0.1, -0.05) is 19.3 Å². The number of hydrogen-bond acceptors (Lipinski definition) is 2. The molecule has 0 amide bonds. The van der Waals surface area contributed by atoms with Crippen molar-refractivity contribution in [2.24, 2.45) is 4.99 Å². The van der Waals surface area contributed by atoms with Gasteiger partial charge in [0.25, 0.3) is 0 Å². The third-order valence-electron chi connectivity index (χ3n) is 4.89. The first-order valence-corrected chi connectivity index (χ1v) is 8.76. The molecule has 1 aliphatic carbocycles. The summed E-state index contributed by atoms with van der Waals surface area (Å²) in [7, 11) is 1.60. The summed E-state index contributed by atoms with van der Waals surface area (Å²) >= 11 is 0. The van der Waals surface area contributed by atoms with Crippen LogP contribution < -0.4 is 10.6 Å². The Balaban J connectivity index is 0.00000288. The first-order valence-electron chi connectivity index (χ1n) is 8.76. The molecule has 0 unspecified atom stereocenters. The average molecular weight is 462 g/mol. The molecule has 1 saturated carbocycles. The van der Waals surface area contributed by atoms with E-state index in [9.17, 15) is 13.2 Å². The first kappa shape index (κ1) is 21.8. The maximum absolute atomic E-state index is 12.2.